The third-order valence-corrected chi connectivity index (χ3v) is 7.33. The Morgan fingerprint density at radius 1 is 0.972 bits per heavy atom. The summed E-state index contributed by atoms with van der Waals surface area (Å²) in [5.74, 6) is 0.223. The van der Waals surface area contributed by atoms with Crippen molar-refractivity contribution < 1.29 is 31.7 Å². The average molecular weight is 526 g/mol. The Kier molecular flexibility index (Phi) is 7.66. The SMILES string of the molecule is COc1cccc(/C=C2\SC(=O)N(CCOc3cccc(C)c3)C2=O)c1OS(=O)(=O)c1ccccc1. The largest absolute Gasteiger partial charge is 0.493 e. The Bertz CT molecular complexity index is 1420. The Balaban J connectivity index is 1.55. The third-order valence-electron chi connectivity index (χ3n) is 5.19. The van der Waals surface area contributed by atoms with Gasteiger partial charge in [-0.05, 0) is 60.7 Å². The van der Waals surface area contributed by atoms with Crippen molar-refractivity contribution in [2.75, 3.05) is 20.3 Å². The molecule has 1 aliphatic rings. The van der Waals surface area contributed by atoms with E-state index in [1.165, 1.54) is 25.3 Å². The molecule has 1 fully saturated rings. The molecule has 10 heteroatoms. The number of amides is 2. The second kappa shape index (κ2) is 10.9. The van der Waals surface area contributed by atoms with Crippen LogP contribution in [0.4, 0.5) is 4.79 Å². The maximum atomic E-state index is 13.0. The molecular formula is C26H23NO7S2. The first-order chi connectivity index (χ1) is 17.3. The first-order valence-corrected chi connectivity index (χ1v) is 13.1. The summed E-state index contributed by atoms with van der Waals surface area (Å²) < 4.78 is 42.1. The third kappa shape index (κ3) is 5.72. The van der Waals surface area contributed by atoms with Crippen LogP contribution in [0.5, 0.6) is 17.2 Å². The van der Waals surface area contributed by atoms with Crippen LogP contribution in [-0.4, -0.2) is 44.7 Å². The van der Waals surface area contributed by atoms with Crippen molar-refractivity contribution in [3.63, 3.8) is 0 Å². The second-order valence-electron chi connectivity index (χ2n) is 7.73. The molecule has 0 spiro atoms. The Morgan fingerprint density at radius 2 is 1.72 bits per heavy atom. The van der Waals surface area contributed by atoms with Crippen LogP contribution in [0, 0.1) is 6.92 Å². The molecule has 1 aliphatic heterocycles. The minimum atomic E-state index is -4.17. The van der Waals surface area contributed by atoms with E-state index in [1.807, 2.05) is 25.1 Å². The highest BCUT2D eigenvalue weighted by molar-refractivity contribution is 8.18. The van der Waals surface area contributed by atoms with Gasteiger partial charge >= 0.3 is 10.1 Å². The predicted octanol–water partition coefficient (Wildman–Crippen LogP) is 4.89. The minimum Gasteiger partial charge on any atom is -0.493 e. The summed E-state index contributed by atoms with van der Waals surface area (Å²) in [7, 11) is -2.80. The van der Waals surface area contributed by atoms with Gasteiger partial charge in [-0.3, -0.25) is 14.5 Å². The Hall–Kier alpha value is -3.76. The minimum absolute atomic E-state index is 0.0317. The zero-order chi connectivity index (χ0) is 25.7. The summed E-state index contributed by atoms with van der Waals surface area (Å²) in [6.07, 6.45) is 1.42. The molecule has 0 aliphatic carbocycles. The maximum absolute atomic E-state index is 13.0. The topological polar surface area (TPSA) is 99.2 Å². The van der Waals surface area contributed by atoms with Gasteiger partial charge in [-0.15, -0.1) is 0 Å². The van der Waals surface area contributed by atoms with Crippen LogP contribution in [0.2, 0.25) is 0 Å². The monoisotopic (exact) mass is 525 g/mol. The number of rotatable bonds is 9. The fraction of sp³-hybridized carbons (Fsp3) is 0.154. The normalized spacial score (nSPS) is 14.8. The number of hydrogen-bond donors (Lipinski definition) is 0. The summed E-state index contributed by atoms with van der Waals surface area (Å²) in [6, 6.07) is 19.9. The lowest BCUT2D eigenvalue weighted by atomic mass is 10.1. The van der Waals surface area contributed by atoms with E-state index in [1.54, 1.807) is 42.5 Å². The molecule has 1 saturated heterocycles. The van der Waals surface area contributed by atoms with E-state index in [0.717, 1.165) is 22.2 Å². The van der Waals surface area contributed by atoms with Gasteiger partial charge in [-0.25, -0.2) is 0 Å². The van der Waals surface area contributed by atoms with Gasteiger partial charge in [-0.2, -0.15) is 8.42 Å². The zero-order valence-corrected chi connectivity index (χ0v) is 21.2. The standard InChI is InChI=1S/C26H23NO7S2/c1-18-8-6-10-20(16-18)33-15-14-27-25(28)23(35-26(27)29)17-19-9-7-13-22(32-2)24(19)34-36(30,31)21-11-4-3-5-12-21/h3-13,16-17H,14-15H2,1-2H3/b23-17-. The van der Waals surface area contributed by atoms with E-state index >= 15 is 0 Å². The number of hydrogen-bond acceptors (Lipinski definition) is 8. The molecule has 2 amide bonds. The first-order valence-electron chi connectivity index (χ1n) is 10.9. The number of carbonyl (C=O) groups is 2. The molecule has 8 nitrogen and oxygen atoms in total. The number of aryl methyl sites for hydroxylation is 1. The average Bonchev–Trinajstić information content (AvgIpc) is 3.13. The highest BCUT2D eigenvalue weighted by Crippen LogP contribution is 2.38. The highest BCUT2D eigenvalue weighted by Gasteiger charge is 2.35. The lowest BCUT2D eigenvalue weighted by molar-refractivity contribution is -0.123. The van der Waals surface area contributed by atoms with E-state index in [9.17, 15) is 18.0 Å². The molecule has 0 N–H and O–H groups in total. The molecule has 0 bridgehead atoms. The predicted molar refractivity (Wildman–Crippen MR) is 137 cm³/mol. The van der Waals surface area contributed by atoms with Crippen molar-refractivity contribution in [3.8, 4) is 17.2 Å². The molecule has 0 atom stereocenters. The van der Waals surface area contributed by atoms with E-state index in [0.29, 0.717) is 5.75 Å². The molecule has 186 valence electrons. The first kappa shape index (κ1) is 25.3. The van der Waals surface area contributed by atoms with Gasteiger partial charge < -0.3 is 13.7 Å². The van der Waals surface area contributed by atoms with Gasteiger partial charge in [0.15, 0.2) is 11.5 Å². The van der Waals surface area contributed by atoms with E-state index in [2.05, 4.69) is 0 Å². The van der Waals surface area contributed by atoms with Crippen molar-refractivity contribution in [1.82, 2.24) is 4.90 Å². The lowest BCUT2D eigenvalue weighted by Gasteiger charge is -2.14. The van der Waals surface area contributed by atoms with Crippen molar-refractivity contribution in [1.29, 1.82) is 0 Å². The molecule has 4 rings (SSSR count). The fourth-order valence-electron chi connectivity index (χ4n) is 3.44. The number of para-hydroxylation sites is 1. The molecule has 3 aromatic rings. The van der Waals surface area contributed by atoms with Crippen molar-refractivity contribution >= 4 is 39.1 Å². The zero-order valence-electron chi connectivity index (χ0n) is 19.5. The fourth-order valence-corrected chi connectivity index (χ4v) is 5.28. The smallest absolute Gasteiger partial charge is 0.339 e. The van der Waals surface area contributed by atoms with E-state index in [4.69, 9.17) is 13.7 Å². The molecule has 1 heterocycles. The molecule has 0 aromatic heterocycles. The number of nitrogens with zero attached hydrogens (tertiary/aromatic N) is 1. The van der Waals surface area contributed by atoms with Gasteiger partial charge in [0.05, 0.1) is 18.6 Å². The number of imide groups is 1. The van der Waals surface area contributed by atoms with Crippen LogP contribution in [-0.2, 0) is 14.9 Å². The van der Waals surface area contributed by atoms with Gasteiger partial charge in [-0.1, -0.05) is 42.5 Å². The molecule has 3 aromatic carbocycles. The number of carbonyl (C=O) groups excluding carboxylic acids is 2. The summed E-state index contributed by atoms with van der Waals surface area (Å²) in [4.78, 5) is 26.7. The molecule has 0 radical (unpaired) electrons. The molecule has 36 heavy (non-hydrogen) atoms. The van der Waals surface area contributed by atoms with Crippen LogP contribution >= 0.6 is 11.8 Å². The molecule has 0 saturated carbocycles. The van der Waals surface area contributed by atoms with Crippen LogP contribution in [0.25, 0.3) is 6.08 Å². The van der Waals surface area contributed by atoms with E-state index < -0.39 is 21.3 Å². The van der Waals surface area contributed by atoms with Crippen LogP contribution < -0.4 is 13.7 Å². The summed E-state index contributed by atoms with van der Waals surface area (Å²) in [5.41, 5.74) is 1.31. The van der Waals surface area contributed by atoms with Gasteiger partial charge in [0.25, 0.3) is 11.1 Å². The highest BCUT2D eigenvalue weighted by atomic mass is 32.2. The summed E-state index contributed by atoms with van der Waals surface area (Å²) in [5, 5.41) is -0.443. The molecular weight excluding hydrogens is 502 g/mol. The van der Waals surface area contributed by atoms with Gasteiger partial charge in [0.2, 0.25) is 0 Å². The number of ether oxygens (including phenoxy) is 2. The lowest BCUT2D eigenvalue weighted by Crippen LogP contribution is -2.32. The summed E-state index contributed by atoms with van der Waals surface area (Å²) >= 11 is 0.759. The number of methoxy groups -OCH3 is 1. The quantitative estimate of drug-likeness (QED) is 0.288. The Morgan fingerprint density at radius 3 is 2.44 bits per heavy atom. The van der Waals surface area contributed by atoms with Crippen LogP contribution in [0.15, 0.2) is 82.6 Å². The maximum Gasteiger partial charge on any atom is 0.339 e. The van der Waals surface area contributed by atoms with Gasteiger partial charge in [0, 0.05) is 5.56 Å². The van der Waals surface area contributed by atoms with Gasteiger partial charge in [0.1, 0.15) is 17.3 Å². The Labute approximate surface area is 213 Å². The van der Waals surface area contributed by atoms with E-state index in [-0.39, 0.29) is 40.0 Å². The van der Waals surface area contributed by atoms with Crippen molar-refractivity contribution in [3.05, 3.63) is 88.8 Å². The van der Waals surface area contributed by atoms with Crippen LogP contribution in [0.3, 0.4) is 0 Å². The number of benzene rings is 3. The van der Waals surface area contributed by atoms with Crippen LogP contribution in [0.1, 0.15) is 11.1 Å². The number of thioether (sulfide) groups is 1. The van der Waals surface area contributed by atoms with Crippen molar-refractivity contribution in [2.45, 2.75) is 11.8 Å². The summed E-state index contributed by atoms with van der Waals surface area (Å²) in [6.45, 7) is 2.15. The van der Waals surface area contributed by atoms with Crippen molar-refractivity contribution in [2.24, 2.45) is 0 Å². The second-order valence-corrected chi connectivity index (χ2v) is 10.3. The molecule has 0 unspecified atom stereocenters.